The molecular weight excluding hydrogens is 465 g/mol. The summed E-state index contributed by atoms with van der Waals surface area (Å²) in [7, 11) is -7.45. The first kappa shape index (κ1) is 34.9. The summed E-state index contributed by atoms with van der Waals surface area (Å²) < 4.78 is 58.7. The lowest BCUT2D eigenvalue weighted by Gasteiger charge is -2.14. The van der Waals surface area contributed by atoms with Crippen LogP contribution >= 0.6 is 23.5 Å². The first-order valence-electron chi connectivity index (χ1n) is 9.02. The van der Waals surface area contributed by atoms with Crippen molar-refractivity contribution >= 4 is 23.5 Å². The molecule has 0 rings (SSSR count). The highest BCUT2D eigenvalue weighted by Crippen LogP contribution is 2.47. The van der Waals surface area contributed by atoms with Gasteiger partial charge in [0.1, 0.15) is 0 Å². The van der Waals surface area contributed by atoms with Crippen LogP contribution in [0.1, 0.15) is 41.5 Å². The minimum Gasteiger partial charge on any atom is -0.303 e. The van der Waals surface area contributed by atoms with Gasteiger partial charge in [0.2, 0.25) is 0 Å². The van der Waals surface area contributed by atoms with Crippen LogP contribution in [0.15, 0.2) is 0 Å². The molecule has 0 bridgehead atoms. The van der Waals surface area contributed by atoms with E-state index < -0.39 is 23.5 Å². The van der Waals surface area contributed by atoms with Crippen molar-refractivity contribution in [1.29, 1.82) is 0 Å². The van der Waals surface area contributed by atoms with E-state index in [4.69, 9.17) is 19.2 Å². The van der Waals surface area contributed by atoms with Crippen LogP contribution < -0.4 is 0 Å². The molecule has 0 aliphatic carbocycles. The average Bonchev–Trinajstić information content (AvgIpc) is 2.63. The van der Waals surface area contributed by atoms with Gasteiger partial charge in [-0.05, 0) is 17.8 Å². The van der Waals surface area contributed by atoms with Crippen molar-refractivity contribution in [1.82, 2.24) is 0 Å². The molecule has 0 aromatic heterocycles. The van der Waals surface area contributed by atoms with Gasteiger partial charge in [0.05, 0.1) is 19.8 Å². The summed E-state index contributed by atoms with van der Waals surface area (Å²) in [6.07, 6.45) is 0. The third-order valence-electron chi connectivity index (χ3n) is 2.39. The summed E-state index contributed by atoms with van der Waals surface area (Å²) in [5, 5.41) is 0. The number of rotatable bonds is 12. The zero-order valence-corrected chi connectivity index (χ0v) is 21.9. The van der Waals surface area contributed by atoms with Crippen molar-refractivity contribution in [3.63, 3.8) is 0 Å². The molecule has 0 spiro atoms. The summed E-state index contributed by atoms with van der Waals surface area (Å²) in [5.41, 5.74) is 0. The lowest BCUT2D eigenvalue weighted by Crippen LogP contribution is -2.02. The fourth-order valence-corrected chi connectivity index (χ4v) is 2.89. The van der Waals surface area contributed by atoms with E-state index >= 15 is 0 Å². The largest absolute Gasteiger partial charge is 0.474 e. The Bertz CT molecular complexity index is 539. The summed E-state index contributed by atoms with van der Waals surface area (Å²) in [4.78, 5) is 25.0. The van der Waals surface area contributed by atoms with Crippen molar-refractivity contribution in [2.75, 3.05) is 41.2 Å². The van der Waals surface area contributed by atoms with Crippen LogP contribution in [-0.4, -0.2) is 55.8 Å². The molecule has 0 aromatic carbocycles. The molecular formula is C15H39O12P3. The topological polar surface area (TPSA) is 167 Å². The van der Waals surface area contributed by atoms with Gasteiger partial charge in [-0.25, -0.2) is 13.7 Å². The van der Waals surface area contributed by atoms with Gasteiger partial charge in [-0.3, -0.25) is 27.1 Å². The SMILES string of the molecule is CC(C)COP(=O)(O)O.COP(=O)(O)OCC(C)C.COP(=O)(OC)OCC(C)C. The Morgan fingerprint density at radius 3 is 1.17 bits per heavy atom. The van der Waals surface area contributed by atoms with Crippen LogP contribution in [-0.2, 0) is 40.8 Å². The third-order valence-corrected chi connectivity index (χ3v) is 5.17. The maximum Gasteiger partial charge on any atom is 0.474 e. The van der Waals surface area contributed by atoms with Gasteiger partial charge in [-0.15, -0.1) is 0 Å². The van der Waals surface area contributed by atoms with E-state index in [0.29, 0.717) is 12.5 Å². The van der Waals surface area contributed by atoms with Crippen LogP contribution in [0.25, 0.3) is 0 Å². The third kappa shape index (κ3) is 28.3. The molecule has 15 heteroatoms. The van der Waals surface area contributed by atoms with Crippen LogP contribution in [0.4, 0.5) is 0 Å². The van der Waals surface area contributed by atoms with Crippen LogP contribution in [0.3, 0.4) is 0 Å². The molecule has 0 radical (unpaired) electrons. The molecule has 3 N–H and O–H groups in total. The van der Waals surface area contributed by atoms with E-state index in [9.17, 15) is 13.7 Å². The quantitative estimate of drug-likeness (QED) is 0.324. The maximum absolute atomic E-state index is 11.2. The zero-order chi connectivity index (χ0) is 24.6. The lowest BCUT2D eigenvalue weighted by atomic mass is 10.2. The molecule has 0 amide bonds. The normalized spacial score (nSPS) is 14.1. The fraction of sp³-hybridized carbons (Fsp3) is 1.00. The van der Waals surface area contributed by atoms with Crippen molar-refractivity contribution in [3.8, 4) is 0 Å². The second-order valence-electron chi connectivity index (χ2n) is 7.02. The van der Waals surface area contributed by atoms with Gasteiger partial charge in [-0.2, -0.15) is 0 Å². The number of phosphoric ester groups is 3. The Hall–Kier alpha value is 0.330. The van der Waals surface area contributed by atoms with Crippen molar-refractivity contribution in [3.05, 3.63) is 0 Å². The van der Waals surface area contributed by atoms with E-state index in [2.05, 4.69) is 22.6 Å². The minimum absolute atomic E-state index is 0.101. The molecule has 12 nitrogen and oxygen atoms in total. The van der Waals surface area contributed by atoms with E-state index in [-0.39, 0.29) is 25.0 Å². The molecule has 0 aliphatic rings. The van der Waals surface area contributed by atoms with Gasteiger partial charge >= 0.3 is 23.5 Å². The zero-order valence-electron chi connectivity index (χ0n) is 19.2. The van der Waals surface area contributed by atoms with Crippen molar-refractivity contribution in [2.24, 2.45) is 17.8 Å². The molecule has 0 saturated heterocycles. The highest BCUT2D eigenvalue weighted by Gasteiger charge is 2.22. The Balaban J connectivity index is -0.000000366. The van der Waals surface area contributed by atoms with Crippen molar-refractivity contribution in [2.45, 2.75) is 41.5 Å². The van der Waals surface area contributed by atoms with Gasteiger partial charge in [0.25, 0.3) is 0 Å². The summed E-state index contributed by atoms with van der Waals surface area (Å²) in [6, 6.07) is 0. The Morgan fingerprint density at radius 2 is 0.933 bits per heavy atom. The maximum atomic E-state index is 11.2. The Morgan fingerprint density at radius 1 is 0.600 bits per heavy atom. The van der Waals surface area contributed by atoms with Crippen LogP contribution in [0.5, 0.6) is 0 Å². The molecule has 186 valence electrons. The summed E-state index contributed by atoms with van der Waals surface area (Å²) in [5.74, 6) is 0.696. The summed E-state index contributed by atoms with van der Waals surface area (Å²) in [6.45, 7) is 12.0. The van der Waals surface area contributed by atoms with Gasteiger partial charge in [0.15, 0.2) is 0 Å². The predicted octanol–water partition coefficient (Wildman–Crippen LogP) is 4.22. The summed E-state index contributed by atoms with van der Waals surface area (Å²) >= 11 is 0. The highest BCUT2D eigenvalue weighted by molar-refractivity contribution is 7.48. The molecule has 0 fully saturated rings. The van der Waals surface area contributed by atoms with Crippen molar-refractivity contribution < 1.29 is 55.5 Å². The molecule has 1 atom stereocenters. The van der Waals surface area contributed by atoms with E-state index in [0.717, 1.165) is 7.11 Å². The molecule has 0 aromatic rings. The Kier molecular flexibility index (Phi) is 20.8. The van der Waals surface area contributed by atoms with E-state index in [1.165, 1.54) is 14.2 Å². The number of phosphoric acid groups is 3. The lowest BCUT2D eigenvalue weighted by molar-refractivity contribution is 0.139. The number of hydrogen-bond acceptors (Lipinski definition) is 9. The monoisotopic (exact) mass is 504 g/mol. The van der Waals surface area contributed by atoms with Gasteiger partial charge in [-0.1, -0.05) is 41.5 Å². The van der Waals surface area contributed by atoms with E-state index in [1.807, 2.05) is 41.5 Å². The smallest absolute Gasteiger partial charge is 0.303 e. The van der Waals surface area contributed by atoms with Gasteiger partial charge in [0, 0.05) is 21.3 Å². The standard InChI is InChI=1S/C6H15O4P.C5H13O4P.C4H11O4P/c1-6(2)5-10-11(7,8-3)9-4;1-5(2)4-9-10(6,7)8-3;1-4(2)3-8-9(5,6)7/h6H,5H2,1-4H3;5H,4H2,1-3H3,(H,6,7);4H,3H2,1-2H3,(H2,5,6,7). The predicted molar refractivity (Wildman–Crippen MR) is 113 cm³/mol. The van der Waals surface area contributed by atoms with Gasteiger partial charge < -0.3 is 14.7 Å². The second-order valence-corrected chi connectivity index (χ2v) is 11.7. The van der Waals surface area contributed by atoms with Crippen LogP contribution in [0, 0.1) is 17.8 Å². The first-order valence-corrected chi connectivity index (χ1v) is 13.5. The Labute approximate surface area is 180 Å². The molecule has 1 unspecified atom stereocenters. The molecule has 0 saturated carbocycles. The highest BCUT2D eigenvalue weighted by atomic mass is 31.2. The second kappa shape index (κ2) is 17.8. The molecule has 0 heterocycles. The fourth-order valence-electron chi connectivity index (χ4n) is 0.962. The average molecular weight is 504 g/mol. The number of hydrogen-bond donors (Lipinski definition) is 3. The van der Waals surface area contributed by atoms with E-state index in [1.54, 1.807) is 0 Å². The van der Waals surface area contributed by atoms with Crippen LogP contribution in [0.2, 0.25) is 0 Å². The molecule has 0 aliphatic heterocycles. The molecule has 30 heavy (non-hydrogen) atoms. The first-order chi connectivity index (χ1) is 13.4. The minimum atomic E-state index is -4.22.